The molecule has 0 saturated heterocycles. The van der Waals surface area contributed by atoms with Crippen molar-refractivity contribution in [2.24, 2.45) is 0 Å². The normalized spacial score (nSPS) is 12.7. The van der Waals surface area contributed by atoms with Gasteiger partial charge in [0, 0.05) is 17.4 Å². The zero-order valence-electron chi connectivity index (χ0n) is 17.3. The highest BCUT2D eigenvalue weighted by molar-refractivity contribution is 7.79. The number of nitrogens with zero attached hydrogens (tertiary/aromatic N) is 2. The minimum atomic E-state index is -2.04. The summed E-state index contributed by atoms with van der Waals surface area (Å²) >= 11 is 10.6. The first-order chi connectivity index (χ1) is 15.1. The lowest BCUT2D eigenvalue weighted by atomic mass is 10.1. The molecule has 0 aliphatic carbocycles. The van der Waals surface area contributed by atoms with Crippen molar-refractivity contribution < 1.29 is 13.9 Å². The standard InChI is InChI=1S/C24H20Cl2N2O3S/c1-24(2,29)21-14-28(23(27-21)19-7-4-8-20(25)22(19)26)17-11-9-15(10-12-17)16-5-3-6-18(13-16)32(30)31/h3-14,29H,1-2H3,(H,30,31). The van der Waals surface area contributed by atoms with Gasteiger partial charge in [0.25, 0.3) is 0 Å². The van der Waals surface area contributed by atoms with E-state index >= 15 is 0 Å². The summed E-state index contributed by atoms with van der Waals surface area (Å²) in [7, 11) is 0. The highest BCUT2D eigenvalue weighted by atomic mass is 35.5. The van der Waals surface area contributed by atoms with Crippen molar-refractivity contribution in [3.8, 4) is 28.2 Å². The second-order valence-electron chi connectivity index (χ2n) is 7.80. The maximum absolute atomic E-state index is 11.4. The van der Waals surface area contributed by atoms with Crippen LogP contribution in [0.5, 0.6) is 0 Å². The third-order valence-electron chi connectivity index (χ3n) is 5.04. The number of hydrogen-bond acceptors (Lipinski definition) is 3. The van der Waals surface area contributed by atoms with Gasteiger partial charge in [-0.05, 0) is 61.4 Å². The van der Waals surface area contributed by atoms with Gasteiger partial charge in [-0.25, -0.2) is 9.19 Å². The number of rotatable bonds is 5. The number of imidazole rings is 1. The minimum Gasteiger partial charge on any atom is -0.384 e. The molecule has 0 amide bonds. The van der Waals surface area contributed by atoms with E-state index in [2.05, 4.69) is 4.98 Å². The van der Waals surface area contributed by atoms with E-state index in [9.17, 15) is 13.9 Å². The molecule has 0 radical (unpaired) electrons. The van der Waals surface area contributed by atoms with E-state index in [1.54, 1.807) is 50.4 Å². The van der Waals surface area contributed by atoms with Crippen LogP contribution >= 0.6 is 23.2 Å². The fourth-order valence-electron chi connectivity index (χ4n) is 3.34. The summed E-state index contributed by atoms with van der Waals surface area (Å²) in [5, 5.41) is 11.3. The number of halogens is 2. The Morgan fingerprint density at radius 3 is 2.31 bits per heavy atom. The van der Waals surface area contributed by atoms with E-state index in [-0.39, 0.29) is 0 Å². The predicted molar refractivity (Wildman–Crippen MR) is 129 cm³/mol. The van der Waals surface area contributed by atoms with Gasteiger partial charge >= 0.3 is 0 Å². The van der Waals surface area contributed by atoms with Crippen molar-refractivity contribution in [1.82, 2.24) is 9.55 Å². The van der Waals surface area contributed by atoms with Gasteiger partial charge in [0.05, 0.1) is 20.6 Å². The Morgan fingerprint density at radius 1 is 0.969 bits per heavy atom. The highest BCUT2D eigenvalue weighted by Crippen LogP contribution is 2.36. The monoisotopic (exact) mass is 486 g/mol. The van der Waals surface area contributed by atoms with Crippen LogP contribution in [-0.4, -0.2) is 23.4 Å². The Labute approximate surface area is 198 Å². The summed E-state index contributed by atoms with van der Waals surface area (Å²) in [5.41, 5.74) is 2.53. The van der Waals surface area contributed by atoms with Gasteiger partial charge in [-0.2, -0.15) is 0 Å². The Bertz CT molecular complexity index is 1310. The van der Waals surface area contributed by atoms with E-state index < -0.39 is 16.7 Å². The smallest absolute Gasteiger partial charge is 0.186 e. The van der Waals surface area contributed by atoms with Crippen LogP contribution in [-0.2, 0) is 16.7 Å². The summed E-state index contributed by atoms with van der Waals surface area (Å²) in [6.07, 6.45) is 1.77. The van der Waals surface area contributed by atoms with Crippen molar-refractivity contribution >= 4 is 34.3 Å². The first-order valence-electron chi connectivity index (χ1n) is 9.73. The Hall–Kier alpha value is -2.48. The van der Waals surface area contributed by atoms with Crippen LogP contribution < -0.4 is 0 Å². The lowest BCUT2D eigenvalue weighted by Gasteiger charge is -2.13. The lowest BCUT2D eigenvalue weighted by Crippen LogP contribution is -2.15. The predicted octanol–water partition coefficient (Wildman–Crippen LogP) is 6.32. The number of aliphatic hydroxyl groups is 1. The summed E-state index contributed by atoms with van der Waals surface area (Å²) in [6.45, 7) is 3.34. The van der Waals surface area contributed by atoms with Gasteiger partial charge in [0.15, 0.2) is 11.1 Å². The molecular formula is C24H20Cl2N2O3S. The molecular weight excluding hydrogens is 467 g/mol. The van der Waals surface area contributed by atoms with Crippen LogP contribution in [0.4, 0.5) is 0 Å². The van der Waals surface area contributed by atoms with Crippen molar-refractivity contribution in [2.45, 2.75) is 24.3 Å². The van der Waals surface area contributed by atoms with Crippen LogP contribution in [0.3, 0.4) is 0 Å². The molecule has 4 rings (SSSR count). The van der Waals surface area contributed by atoms with Crippen molar-refractivity contribution in [3.05, 3.63) is 88.7 Å². The van der Waals surface area contributed by atoms with Crippen LogP contribution in [0.1, 0.15) is 19.5 Å². The fraction of sp³-hybridized carbons (Fsp3) is 0.125. The molecule has 5 nitrogen and oxygen atoms in total. The van der Waals surface area contributed by atoms with Crippen molar-refractivity contribution in [1.29, 1.82) is 0 Å². The third-order valence-corrected chi connectivity index (χ3v) is 6.52. The molecule has 164 valence electrons. The Kier molecular flexibility index (Phi) is 6.25. The molecule has 4 aromatic rings. The molecule has 0 bridgehead atoms. The lowest BCUT2D eigenvalue weighted by molar-refractivity contribution is 0.0743. The SMILES string of the molecule is CC(C)(O)c1cn(-c2ccc(-c3cccc(S(=O)O)c3)cc2)c(-c2cccc(Cl)c2Cl)n1. The zero-order chi connectivity index (χ0) is 23.0. The van der Waals surface area contributed by atoms with E-state index in [1.165, 1.54) is 0 Å². The van der Waals surface area contributed by atoms with E-state index in [4.69, 9.17) is 23.2 Å². The second-order valence-corrected chi connectivity index (χ2v) is 9.56. The molecule has 0 fully saturated rings. The summed E-state index contributed by atoms with van der Waals surface area (Å²) in [5.74, 6) is 0.556. The van der Waals surface area contributed by atoms with Gasteiger partial charge in [-0.1, -0.05) is 53.5 Å². The minimum absolute atomic E-state index is 0.342. The summed E-state index contributed by atoms with van der Waals surface area (Å²) < 4.78 is 22.6. The molecule has 32 heavy (non-hydrogen) atoms. The molecule has 0 aliphatic rings. The number of benzene rings is 3. The van der Waals surface area contributed by atoms with Crippen LogP contribution in [0.25, 0.3) is 28.2 Å². The largest absolute Gasteiger partial charge is 0.384 e. The molecule has 0 saturated carbocycles. The van der Waals surface area contributed by atoms with Gasteiger partial charge in [0.2, 0.25) is 0 Å². The average molecular weight is 487 g/mol. The van der Waals surface area contributed by atoms with Crippen molar-refractivity contribution in [2.75, 3.05) is 0 Å². The zero-order valence-corrected chi connectivity index (χ0v) is 19.6. The first-order valence-corrected chi connectivity index (χ1v) is 11.6. The van der Waals surface area contributed by atoms with Gasteiger partial charge in [-0.3, -0.25) is 4.57 Å². The molecule has 0 aliphatic heterocycles. The molecule has 1 atom stereocenters. The number of hydrogen-bond donors (Lipinski definition) is 2. The quantitative estimate of drug-likeness (QED) is 0.323. The fourth-order valence-corrected chi connectivity index (χ4v) is 4.14. The van der Waals surface area contributed by atoms with Gasteiger partial charge < -0.3 is 9.66 Å². The second kappa shape index (κ2) is 8.81. The maximum Gasteiger partial charge on any atom is 0.186 e. The molecule has 2 N–H and O–H groups in total. The summed E-state index contributed by atoms with van der Waals surface area (Å²) in [4.78, 5) is 4.99. The molecule has 8 heteroatoms. The topological polar surface area (TPSA) is 75.4 Å². The molecule has 1 aromatic heterocycles. The Morgan fingerprint density at radius 2 is 1.66 bits per heavy atom. The molecule has 1 unspecified atom stereocenters. The number of aromatic nitrogens is 2. The van der Waals surface area contributed by atoms with E-state index in [0.29, 0.717) is 32.0 Å². The summed E-state index contributed by atoms with van der Waals surface area (Å²) in [6, 6.07) is 19.9. The third kappa shape index (κ3) is 4.51. The molecule has 0 spiro atoms. The van der Waals surface area contributed by atoms with E-state index in [0.717, 1.165) is 16.8 Å². The van der Waals surface area contributed by atoms with Crippen molar-refractivity contribution in [3.63, 3.8) is 0 Å². The first kappa shape index (κ1) is 22.7. The maximum atomic E-state index is 11.4. The molecule has 1 heterocycles. The molecule has 3 aromatic carbocycles. The average Bonchev–Trinajstić information content (AvgIpc) is 3.22. The van der Waals surface area contributed by atoms with Crippen LogP contribution in [0, 0.1) is 0 Å². The Balaban J connectivity index is 1.81. The van der Waals surface area contributed by atoms with E-state index in [1.807, 2.05) is 41.0 Å². The van der Waals surface area contributed by atoms with Crippen LogP contribution in [0.2, 0.25) is 10.0 Å². The van der Waals surface area contributed by atoms with Gasteiger partial charge in [0.1, 0.15) is 11.4 Å². The van der Waals surface area contributed by atoms with Gasteiger partial charge in [-0.15, -0.1) is 0 Å². The van der Waals surface area contributed by atoms with Crippen LogP contribution in [0.15, 0.2) is 77.8 Å². The highest BCUT2D eigenvalue weighted by Gasteiger charge is 2.24.